The molecule has 0 aliphatic carbocycles. The van der Waals surface area contributed by atoms with Gasteiger partial charge in [-0.2, -0.15) is 24.9 Å². The molecule has 0 unspecified atom stereocenters. The van der Waals surface area contributed by atoms with Crippen LogP contribution in [0, 0.1) is 0 Å². The number of nitrogens with one attached hydrogen (secondary N) is 1. The summed E-state index contributed by atoms with van der Waals surface area (Å²) >= 11 is 7.60. The van der Waals surface area contributed by atoms with Crippen LogP contribution in [0.4, 0.5) is 18.9 Å². The van der Waals surface area contributed by atoms with Gasteiger partial charge in [-0.3, -0.25) is 0 Å². The van der Waals surface area contributed by atoms with Crippen LogP contribution in [0.2, 0.25) is 5.02 Å². The number of halogens is 4. The molecule has 1 nitrogen and oxygen atoms in total. The topological polar surface area (TPSA) is 12.0 Å². The van der Waals surface area contributed by atoms with E-state index in [1.54, 1.807) is 6.07 Å². The van der Waals surface area contributed by atoms with Crippen molar-refractivity contribution in [2.24, 2.45) is 0 Å². The number of alkyl halides is 3. The van der Waals surface area contributed by atoms with Gasteiger partial charge >= 0.3 is 6.18 Å². The van der Waals surface area contributed by atoms with E-state index in [1.807, 2.05) is 11.8 Å². The standard InChI is InChI=1S/C12H13ClF3NS/c13-9-5-8(12(14,15)16)6-11(7-9)17-10-1-3-18-4-2-10/h5-7,10,17H,1-4H2. The minimum atomic E-state index is -4.36. The smallest absolute Gasteiger partial charge is 0.382 e. The Bertz CT molecular complexity index is 416. The van der Waals surface area contributed by atoms with Crippen molar-refractivity contribution in [3.63, 3.8) is 0 Å². The first-order valence-electron chi connectivity index (χ1n) is 5.67. The Hall–Kier alpha value is -0.550. The highest BCUT2D eigenvalue weighted by molar-refractivity contribution is 7.99. The summed E-state index contributed by atoms with van der Waals surface area (Å²) < 4.78 is 37.9. The average Bonchev–Trinajstić information content (AvgIpc) is 2.28. The maximum Gasteiger partial charge on any atom is 0.416 e. The molecular weight excluding hydrogens is 283 g/mol. The second-order valence-electron chi connectivity index (χ2n) is 4.26. The van der Waals surface area contributed by atoms with Gasteiger partial charge in [-0.05, 0) is 42.5 Å². The van der Waals surface area contributed by atoms with Gasteiger partial charge in [0.2, 0.25) is 0 Å². The highest BCUT2D eigenvalue weighted by Gasteiger charge is 2.31. The molecule has 1 fully saturated rings. The third kappa shape index (κ3) is 3.72. The summed E-state index contributed by atoms with van der Waals surface area (Å²) in [7, 11) is 0. The quantitative estimate of drug-likeness (QED) is 0.851. The van der Waals surface area contributed by atoms with Crippen molar-refractivity contribution in [3.05, 3.63) is 28.8 Å². The van der Waals surface area contributed by atoms with E-state index in [2.05, 4.69) is 5.32 Å². The van der Waals surface area contributed by atoms with Crippen LogP contribution in [0.15, 0.2) is 18.2 Å². The number of rotatable bonds is 2. The molecule has 1 N–H and O–H groups in total. The van der Waals surface area contributed by atoms with Crippen molar-refractivity contribution in [1.82, 2.24) is 0 Å². The third-order valence-corrected chi connectivity index (χ3v) is 4.08. The van der Waals surface area contributed by atoms with Crippen molar-refractivity contribution < 1.29 is 13.2 Å². The van der Waals surface area contributed by atoms with Crippen molar-refractivity contribution >= 4 is 29.1 Å². The molecule has 100 valence electrons. The van der Waals surface area contributed by atoms with Crippen molar-refractivity contribution in [3.8, 4) is 0 Å². The Kier molecular flexibility index (Phi) is 4.33. The molecule has 6 heteroatoms. The van der Waals surface area contributed by atoms with Crippen LogP contribution >= 0.6 is 23.4 Å². The van der Waals surface area contributed by atoms with Gasteiger partial charge in [0.1, 0.15) is 0 Å². The molecule has 1 aromatic rings. The lowest BCUT2D eigenvalue weighted by molar-refractivity contribution is -0.137. The maximum atomic E-state index is 12.6. The highest BCUT2D eigenvalue weighted by Crippen LogP contribution is 2.34. The monoisotopic (exact) mass is 295 g/mol. The van der Waals surface area contributed by atoms with Gasteiger partial charge in [0.15, 0.2) is 0 Å². The normalized spacial score (nSPS) is 17.8. The summed E-state index contributed by atoms with van der Waals surface area (Å²) in [6.45, 7) is 0. The first kappa shape index (κ1) is 13.9. The summed E-state index contributed by atoms with van der Waals surface area (Å²) in [6.07, 6.45) is -2.42. The Morgan fingerprint density at radius 3 is 2.44 bits per heavy atom. The second kappa shape index (κ2) is 5.61. The summed E-state index contributed by atoms with van der Waals surface area (Å²) in [5.41, 5.74) is -0.255. The van der Waals surface area contributed by atoms with Crippen LogP contribution < -0.4 is 5.32 Å². The zero-order chi connectivity index (χ0) is 13.2. The number of hydrogen-bond acceptors (Lipinski definition) is 2. The number of anilines is 1. The summed E-state index contributed by atoms with van der Waals surface area (Å²) in [5, 5.41) is 3.25. The van der Waals surface area contributed by atoms with E-state index in [-0.39, 0.29) is 11.1 Å². The van der Waals surface area contributed by atoms with Crippen LogP contribution in [-0.2, 0) is 6.18 Å². The Morgan fingerprint density at radius 2 is 1.83 bits per heavy atom. The van der Waals surface area contributed by atoms with E-state index in [4.69, 9.17) is 11.6 Å². The summed E-state index contributed by atoms with van der Waals surface area (Å²) in [6, 6.07) is 3.85. The van der Waals surface area contributed by atoms with E-state index in [0.717, 1.165) is 36.5 Å². The Labute approximate surface area is 113 Å². The van der Waals surface area contributed by atoms with Crippen molar-refractivity contribution in [1.29, 1.82) is 0 Å². The lowest BCUT2D eigenvalue weighted by Gasteiger charge is -2.24. The molecule has 1 aliphatic rings. The Morgan fingerprint density at radius 1 is 1.17 bits per heavy atom. The largest absolute Gasteiger partial charge is 0.416 e. The molecule has 0 radical (unpaired) electrons. The lowest BCUT2D eigenvalue weighted by Crippen LogP contribution is -2.24. The molecular formula is C12H13ClF3NS. The molecule has 0 bridgehead atoms. The molecule has 0 amide bonds. The van der Waals surface area contributed by atoms with Crippen LogP contribution in [-0.4, -0.2) is 17.5 Å². The molecule has 0 atom stereocenters. The van der Waals surface area contributed by atoms with Crippen molar-refractivity contribution in [2.75, 3.05) is 16.8 Å². The van der Waals surface area contributed by atoms with Gasteiger partial charge in [0.05, 0.1) is 5.56 Å². The minimum absolute atomic E-state index is 0.109. The molecule has 2 rings (SSSR count). The first-order chi connectivity index (χ1) is 8.45. The van der Waals surface area contributed by atoms with Crippen LogP contribution in [0.25, 0.3) is 0 Å². The van der Waals surface area contributed by atoms with E-state index in [9.17, 15) is 13.2 Å². The fourth-order valence-electron chi connectivity index (χ4n) is 1.91. The maximum absolute atomic E-state index is 12.6. The van der Waals surface area contributed by atoms with E-state index in [0.29, 0.717) is 5.69 Å². The fourth-order valence-corrected chi connectivity index (χ4v) is 3.26. The zero-order valence-corrected chi connectivity index (χ0v) is 11.1. The van der Waals surface area contributed by atoms with Gasteiger partial charge in [-0.25, -0.2) is 0 Å². The minimum Gasteiger partial charge on any atom is -0.382 e. The summed E-state index contributed by atoms with van der Waals surface area (Å²) in [4.78, 5) is 0. The lowest BCUT2D eigenvalue weighted by atomic mass is 10.1. The third-order valence-electron chi connectivity index (χ3n) is 2.82. The molecule has 1 heterocycles. The predicted octanol–water partition coefficient (Wildman–Crippen LogP) is 4.67. The van der Waals surface area contributed by atoms with Gasteiger partial charge in [-0.1, -0.05) is 11.6 Å². The number of thioether (sulfide) groups is 1. The number of hydrogen-bond donors (Lipinski definition) is 1. The highest BCUT2D eigenvalue weighted by atomic mass is 35.5. The molecule has 1 saturated heterocycles. The van der Waals surface area contributed by atoms with E-state index in [1.165, 1.54) is 0 Å². The van der Waals surface area contributed by atoms with Gasteiger partial charge in [-0.15, -0.1) is 0 Å². The van der Waals surface area contributed by atoms with E-state index < -0.39 is 11.7 Å². The molecule has 18 heavy (non-hydrogen) atoms. The zero-order valence-electron chi connectivity index (χ0n) is 9.56. The van der Waals surface area contributed by atoms with Crippen LogP contribution in [0.5, 0.6) is 0 Å². The predicted molar refractivity (Wildman–Crippen MR) is 70.4 cm³/mol. The van der Waals surface area contributed by atoms with Crippen molar-refractivity contribution in [2.45, 2.75) is 25.1 Å². The average molecular weight is 296 g/mol. The molecule has 0 spiro atoms. The molecule has 1 aromatic carbocycles. The SMILES string of the molecule is FC(F)(F)c1cc(Cl)cc(NC2CCSCC2)c1. The van der Waals surface area contributed by atoms with Gasteiger partial charge in [0, 0.05) is 16.8 Å². The van der Waals surface area contributed by atoms with E-state index >= 15 is 0 Å². The summed E-state index contributed by atoms with van der Waals surface area (Å²) in [5.74, 6) is 2.09. The first-order valence-corrected chi connectivity index (χ1v) is 7.20. The van der Waals surface area contributed by atoms with Gasteiger partial charge in [0.25, 0.3) is 0 Å². The number of benzene rings is 1. The fraction of sp³-hybridized carbons (Fsp3) is 0.500. The molecule has 0 saturated carbocycles. The van der Waals surface area contributed by atoms with Gasteiger partial charge < -0.3 is 5.32 Å². The van der Waals surface area contributed by atoms with Crippen LogP contribution in [0.3, 0.4) is 0 Å². The van der Waals surface area contributed by atoms with Crippen LogP contribution in [0.1, 0.15) is 18.4 Å². The molecule has 1 aliphatic heterocycles. The Balaban J connectivity index is 2.14. The second-order valence-corrected chi connectivity index (χ2v) is 5.92. The molecule has 0 aromatic heterocycles.